The van der Waals surface area contributed by atoms with Crippen molar-refractivity contribution in [1.82, 2.24) is 4.98 Å². The molecule has 0 saturated heterocycles. The first kappa shape index (κ1) is 15.3. The maximum Gasteiger partial charge on any atom is 0.241 e. The van der Waals surface area contributed by atoms with Crippen LogP contribution in [0, 0.1) is 18.3 Å². The van der Waals surface area contributed by atoms with Crippen molar-refractivity contribution in [1.29, 1.82) is 5.26 Å². The van der Waals surface area contributed by atoms with E-state index in [0.29, 0.717) is 10.6 Å². The fourth-order valence-corrected chi connectivity index (χ4v) is 2.93. The number of sulfone groups is 1. The number of amides is 1. The lowest BCUT2D eigenvalue weighted by Gasteiger charge is -2.00. The zero-order valence-corrected chi connectivity index (χ0v) is 11.9. The summed E-state index contributed by atoms with van der Waals surface area (Å²) >= 11 is 0.983. The third-order valence-electron chi connectivity index (χ3n) is 2.00. The highest BCUT2D eigenvalue weighted by atomic mass is 32.2. The van der Waals surface area contributed by atoms with Crippen molar-refractivity contribution in [3.63, 3.8) is 0 Å². The van der Waals surface area contributed by atoms with Gasteiger partial charge in [0, 0.05) is 6.92 Å². The van der Waals surface area contributed by atoms with Crippen LogP contribution in [0.3, 0.4) is 0 Å². The number of carbonyl (C=O) groups excluding carboxylic acids is 2. The van der Waals surface area contributed by atoms with Gasteiger partial charge in [0.2, 0.25) is 5.91 Å². The van der Waals surface area contributed by atoms with Gasteiger partial charge in [0.1, 0.15) is 11.5 Å². The first-order valence-corrected chi connectivity index (χ1v) is 7.74. The molecule has 9 heteroatoms. The monoisotopic (exact) mass is 301 g/mol. The lowest BCUT2D eigenvalue weighted by Crippen LogP contribution is -2.24. The van der Waals surface area contributed by atoms with E-state index in [1.165, 1.54) is 13.0 Å². The van der Waals surface area contributed by atoms with Crippen LogP contribution < -0.4 is 5.32 Å². The molecule has 0 atom stereocenters. The second-order valence-corrected chi connectivity index (χ2v) is 6.79. The molecule has 1 N–H and O–H groups in total. The van der Waals surface area contributed by atoms with Gasteiger partial charge in [-0.1, -0.05) is 11.3 Å². The van der Waals surface area contributed by atoms with E-state index in [1.54, 1.807) is 6.92 Å². The van der Waals surface area contributed by atoms with E-state index in [4.69, 9.17) is 5.26 Å². The van der Waals surface area contributed by atoms with Crippen LogP contribution in [0.2, 0.25) is 0 Å². The topological polar surface area (TPSA) is 117 Å². The van der Waals surface area contributed by atoms with E-state index in [0.717, 1.165) is 11.3 Å². The summed E-state index contributed by atoms with van der Waals surface area (Å²) in [5.41, 5.74) is 0.479. The van der Waals surface area contributed by atoms with Crippen molar-refractivity contribution in [2.24, 2.45) is 0 Å². The van der Waals surface area contributed by atoms with Gasteiger partial charge in [-0.25, -0.2) is 13.4 Å². The van der Waals surface area contributed by atoms with Gasteiger partial charge in [-0.2, -0.15) is 5.26 Å². The quantitative estimate of drug-likeness (QED) is 0.793. The molecule has 0 unspecified atom stereocenters. The summed E-state index contributed by atoms with van der Waals surface area (Å²) in [6.07, 6.45) is 0. The molecule has 0 radical (unpaired) electrons. The van der Waals surface area contributed by atoms with E-state index in [1.807, 2.05) is 0 Å². The molecule has 1 aromatic heterocycles. The van der Waals surface area contributed by atoms with Gasteiger partial charge in [-0.15, -0.1) is 0 Å². The number of nitrogens with one attached hydrogen (secondary N) is 1. The Bertz CT molecular complexity index is 655. The summed E-state index contributed by atoms with van der Waals surface area (Å²) in [5.74, 6) is -2.45. The van der Waals surface area contributed by atoms with Crippen molar-refractivity contribution in [3.05, 3.63) is 10.6 Å². The van der Waals surface area contributed by atoms with Crippen LogP contribution in [0.15, 0.2) is 0 Å². The second kappa shape index (κ2) is 5.90. The third-order valence-corrected chi connectivity index (χ3v) is 4.44. The number of thiazole rings is 1. The summed E-state index contributed by atoms with van der Waals surface area (Å²) in [4.78, 5) is 27.0. The normalized spacial score (nSPS) is 10.8. The number of hydrogen-bond donors (Lipinski definition) is 1. The smallest absolute Gasteiger partial charge is 0.241 e. The number of nitrogens with zero attached hydrogens (tertiary/aromatic N) is 2. The molecule has 0 aliphatic heterocycles. The van der Waals surface area contributed by atoms with Gasteiger partial charge in [-0.3, -0.25) is 9.59 Å². The van der Waals surface area contributed by atoms with Gasteiger partial charge in [0.05, 0.1) is 16.6 Å². The third kappa shape index (κ3) is 4.42. The van der Waals surface area contributed by atoms with Crippen LogP contribution in [0.4, 0.5) is 5.13 Å². The van der Waals surface area contributed by atoms with E-state index in [2.05, 4.69) is 10.3 Å². The lowest BCUT2D eigenvalue weighted by atomic mass is 10.3. The molecular formula is C10H11N3O4S2. The summed E-state index contributed by atoms with van der Waals surface area (Å²) in [5, 5.41) is 10.8. The Labute approximate surface area is 114 Å². The molecule has 1 heterocycles. The minimum Gasteiger partial charge on any atom is -0.301 e. The zero-order chi connectivity index (χ0) is 14.6. The molecule has 1 amide bonds. The minimum atomic E-state index is -3.73. The highest BCUT2D eigenvalue weighted by molar-refractivity contribution is 7.92. The van der Waals surface area contributed by atoms with E-state index < -0.39 is 27.3 Å². The van der Waals surface area contributed by atoms with E-state index >= 15 is 0 Å². The average Bonchev–Trinajstić information content (AvgIpc) is 2.57. The number of hydrogen-bond acceptors (Lipinski definition) is 7. The number of aryl methyl sites for hydroxylation is 1. The molecule has 19 heavy (non-hydrogen) atoms. The number of anilines is 1. The number of aromatic nitrogens is 1. The van der Waals surface area contributed by atoms with Crippen LogP contribution in [-0.2, 0) is 14.6 Å². The number of nitriles is 1. The maximum atomic E-state index is 11.5. The van der Waals surface area contributed by atoms with Crippen LogP contribution in [0.25, 0.3) is 0 Å². The number of carbonyl (C=O) groups is 2. The zero-order valence-electron chi connectivity index (χ0n) is 10.3. The van der Waals surface area contributed by atoms with Crippen molar-refractivity contribution in [3.8, 4) is 6.07 Å². The lowest BCUT2D eigenvalue weighted by molar-refractivity contribution is -0.113. The first-order valence-electron chi connectivity index (χ1n) is 5.11. The fourth-order valence-electron chi connectivity index (χ4n) is 1.28. The Morgan fingerprint density at radius 3 is 2.58 bits per heavy atom. The van der Waals surface area contributed by atoms with Crippen LogP contribution in [0.1, 0.15) is 22.3 Å². The molecule has 102 valence electrons. The summed E-state index contributed by atoms with van der Waals surface area (Å²) in [6.45, 7) is 3.00. The number of Topliss-reactive ketones (excluding diaryl/α,β-unsaturated/α-hetero) is 1. The Balaban J connectivity index is 2.76. The Hall–Kier alpha value is -1.79. The van der Waals surface area contributed by atoms with Crippen LogP contribution in [-0.4, -0.2) is 36.6 Å². The molecule has 0 bridgehead atoms. The highest BCUT2D eigenvalue weighted by Gasteiger charge is 2.18. The maximum absolute atomic E-state index is 11.5. The molecule has 0 fully saturated rings. The summed E-state index contributed by atoms with van der Waals surface area (Å²) in [7, 11) is -3.73. The van der Waals surface area contributed by atoms with Crippen LogP contribution >= 0.6 is 11.3 Å². The SMILES string of the molecule is CC(=O)c1sc(NC(=O)CS(=O)(=O)CC#N)nc1C. The molecular weight excluding hydrogens is 290 g/mol. The summed E-state index contributed by atoms with van der Waals surface area (Å²) in [6, 6.07) is 1.48. The fraction of sp³-hybridized carbons (Fsp3) is 0.400. The first-order chi connectivity index (χ1) is 8.75. The Morgan fingerprint density at radius 1 is 1.47 bits per heavy atom. The molecule has 1 rings (SSSR count). The van der Waals surface area contributed by atoms with Crippen molar-refractivity contribution < 1.29 is 18.0 Å². The standard InChI is InChI=1S/C10H11N3O4S2/c1-6-9(7(2)14)18-10(12-6)13-8(15)5-19(16,17)4-3-11/h4-5H2,1-2H3,(H,12,13,15). The van der Waals surface area contributed by atoms with Gasteiger partial charge in [0.25, 0.3) is 0 Å². The van der Waals surface area contributed by atoms with Gasteiger partial charge >= 0.3 is 0 Å². The van der Waals surface area contributed by atoms with Crippen LogP contribution in [0.5, 0.6) is 0 Å². The molecule has 0 aliphatic rings. The van der Waals surface area contributed by atoms with E-state index in [9.17, 15) is 18.0 Å². The Morgan fingerprint density at radius 2 is 2.11 bits per heavy atom. The van der Waals surface area contributed by atoms with Crippen molar-refractivity contribution in [2.45, 2.75) is 13.8 Å². The molecule has 0 saturated carbocycles. The van der Waals surface area contributed by atoms with Gasteiger partial charge < -0.3 is 5.32 Å². The predicted molar refractivity (Wildman–Crippen MR) is 69.8 cm³/mol. The predicted octanol–water partition coefficient (Wildman–Crippen LogP) is 0.531. The number of rotatable bonds is 5. The van der Waals surface area contributed by atoms with E-state index in [-0.39, 0.29) is 10.9 Å². The largest absolute Gasteiger partial charge is 0.301 e. The van der Waals surface area contributed by atoms with Gasteiger partial charge in [0.15, 0.2) is 20.8 Å². The van der Waals surface area contributed by atoms with Crippen molar-refractivity contribution in [2.75, 3.05) is 16.8 Å². The number of ketones is 1. The second-order valence-electron chi connectivity index (χ2n) is 3.73. The highest BCUT2D eigenvalue weighted by Crippen LogP contribution is 2.22. The Kier molecular flexibility index (Phi) is 4.74. The average molecular weight is 301 g/mol. The molecule has 0 spiro atoms. The molecule has 1 aromatic rings. The van der Waals surface area contributed by atoms with Crippen molar-refractivity contribution >= 4 is 38.0 Å². The molecule has 7 nitrogen and oxygen atoms in total. The minimum absolute atomic E-state index is 0.167. The summed E-state index contributed by atoms with van der Waals surface area (Å²) < 4.78 is 22.5. The molecule has 0 aliphatic carbocycles. The molecule has 0 aromatic carbocycles. The van der Waals surface area contributed by atoms with Gasteiger partial charge in [-0.05, 0) is 6.92 Å².